The summed E-state index contributed by atoms with van der Waals surface area (Å²) >= 11 is 0. The van der Waals surface area contributed by atoms with Crippen LogP contribution in [0.4, 0.5) is 5.82 Å². The fraction of sp³-hybridized carbons (Fsp3) is 0.500. The van der Waals surface area contributed by atoms with E-state index >= 15 is 0 Å². The van der Waals surface area contributed by atoms with Crippen LogP contribution in [-0.4, -0.2) is 16.1 Å². The van der Waals surface area contributed by atoms with Crippen molar-refractivity contribution < 1.29 is 0 Å². The molecule has 13 heavy (non-hydrogen) atoms. The standard InChI is InChI=1S/C8H13N3O2/c1-3-9-6-5-7(12)10-8(13)11(6)4-2/h5,9H,3-4H2,1-2H3,(H,10,12,13). The summed E-state index contributed by atoms with van der Waals surface area (Å²) in [5, 5.41) is 2.95. The number of hydrogen-bond donors (Lipinski definition) is 2. The van der Waals surface area contributed by atoms with Crippen LogP contribution in [0.5, 0.6) is 0 Å². The molecule has 72 valence electrons. The molecule has 0 fully saturated rings. The number of rotatable bonds is 3. The molecule has 0 spiro atoms. The molecule has 0 unspecified atom stereocenters. The first-order chi connectivity index (χ1) is 6.19. The maximum atomic E-state index is 11.2. The van der Waals surface area contributed by atoms with Crippen molar-refractivity contribution in [3.8, 4) is 0 Å². The minimum atomic E-state index is -0.370. The first-order valence-electron chi connectivity index (χ1n) is 4.27. The van der Waals surface area contributed by atoms with Gasteiger partial charge in [-0.15, -0.1) is 0 Å². The lowest BCUT2D eigenvalue weighted by atomic mass is 10.5. The van der Waals surface area contributed by atoms with E-state index in [0.717, 1.165) is 0 Å². The van der Waals surface area contributed by atoms with Crippen molar-refractivity contribution in [3.63, 3.8) is 0 Å². The van der Waals surface area contributed by atoms with Crippen molar-refractivity contribution in [2.24, 2.45) is 0 Å². The van der Waals surface area contributed by atoms with E-state index in [4.69, 9.17) is 0 Å². The van der Waals surface area contributed by atoms with E-state index in [1.54, 1.807) is 0 Å². The van der Waals surface area contributed by atoms with Crippen LogP contribution in [0.1, 0.15) is 13.8 Å². The highest BCUT2D eigenvalue weighted by Crippen LogP contribution is 1.98. The summed E-state index contributed by atoms with van der Waals surface area (Å²) in [7, 11) is 0. The maximum absolute atomic E-state index is 11.2. The Morgan fingerprint density at radius 2 is 2.15 bits per heavy atom. The molecule has 1 heterocycles. The number of hydrogen-bond acceptors (Lipinski definition) is 3. The Morgan fingerprint density at radius 3 is 2.69 bits per heavy atom. The zero-order valence-corrected chi connectivity index (χ0v) is 7.76. The molecule has 0 aliphatic heterocycles. The molecule has 0 saturated heterocycles. The summed E-state index contributed by atoms with van der Waals surface area (Å²) in [6.45, 7) is 4.98. The van der Waals surface area contributed by atoms with Gasteiger partial charge in [-0.1, -0.05) is 0 Å². The molecule has 0 saturated carbocycles. The fourth-order valence-electron chi connectivity index (χ4n) is 1.16. The van der Waals surface area contributed by atoms with E-state index in [-0.39, 0.29) is 11.2 Å². The van der Waals surface area contributed by atoms with Gasteiger partial charge in [0.25, 0.3) is 5.56 Å². The maximum Gasteiger partial charge on any atom is 0.329 e. The molecule has 1 rings (SSSR count). The van der Waals surface area contributed by atoms with Gasteiger partial charge in [0.15, 0.2) is 0 Å². The van der Waals surface area contributed by atoms with E-state index in [0.29, 0.717) is 18.9 Å². The number of aromatic amines is 1. The van der Waals surface area contributed by atoms with E-state index in [2.05, 4.69) is 10.3 Å². The van der Waals surface area contributed by atoms with Crippen LogP contribution in [0.25, 0.3) is 0 Å². The molecule has 1 aromatic rings. The number of H-pyrrole nitrogens is 1. The van der Waals surface area contributed by atoms with Crippen molar-refractivity contribution in [2.75, 3.05) is 11.9 Å². The Bertz CT molecular complexity index is 391. The molecular formula is C8H13N3O2. The van der Waals surface area contributed by atoms with E-state index < -0.39 is 0 Å². The predicted molar refractivity (Wildman–Crippen MR) is 51.2 cm³/mol. The van der Waals surface area contributed by atoms with Gasteiger partial charge in [0.05, 0.1) is 0 Å². The third kappa shape index (κ3) is 1.99. The van der Waals surface area contributed by atoms with Crippen LogP contribution in [-0.2, 0) is 6.54 Å². The SMILES string of the molecule is CCNc1cc(=O)[nH]c(=O)n1CC. The average Bonchev–Trinajstić information content (AvgIpc) is 2.04. The lowest BCUT2D eigenvalue weighted by Crippen LogP contribution is -2.31. The average molecular weight is 183 g/mol. The molecule has 1 aromatic heterocycles. The second kappa shape index (κ2) is 3.93. The van der Waals surface area contributed by atoms with Crippen LogP contribution in [0, 0.1) is 0 Å². The molecule has 0 atom stereocenters. The summed E-state index contributed by atoms with van der Waals surface area (Å²) < 4.78 is 1.48. The van der Waals surface area contributed by atoms with Crippen LogP contribution in [0.15, 0.2) is 15.7 Å². The Morgan fingerprint density at radius 1 is 1.46 bits per heavy atom. The van der Waals surface area contributed by atoms with Crippen LogP contribution < -0.4 is 16.6 Å². The van der Waals surface area contributed by atoms with Gasteiger partial charge in [0.2, 0.25) is 0 Å². The summed E-state index contributed by atoms with van der Waals surface area (Å²) in [5.41, 5.74) is -0.739. The minimum absolute atomic E-state index is 0.369. The third-order valence-electron chi connectivity index (χ3n) is 1.71. The number of nitrogens with one attached hydrogen (secondary N) is 2. The van der Waals surface area contributed by atoms with Gasteiger partial charge in [0, 0.05) is 19.2 Å². The van der Waals surface area contributed by atoms with Gasteiger partial charge < -0.3 is 5.32 Å². The van der Waals surface area contributed by atoms with Crippen LogP contribution in [0.3, 0.4) is 0 Å². The zero-order chi connectivity index (χ0) is 9.84. The molecule has 2 N–H and O–H groups in total. The lowest BCUT2D eigenvalue weighted by Gasteiger charge is -2.09. The molecule has 0 bridgehead atoms. The monoisotopic (exact) mass is 183 g/mol. The quantitative estimate of drug-likeness (QED) is 0.692. The van der Waals surface area contributed by atoms with Crippen molar-refractivity contribution >= 4 is 5.82 Å². The van der Waals surface area contributed by atoms with Crippen LogP contribution >= 0.6 is 0 Å². The second-order valence-electron chi connectivity index (χ2n) is 2.60. The zero-order valence-electron chi connectivity index (χ0n) is 7.76. The highest BCUT2D eigenvalue weighted by molar-refractivity contribution is 5.33. The van der Waals surface area contributed by atoms with Gasteiger partial charge in [-0.2, -0.15) is 0 Å². The summed E-state index contributed by atoms with van der Waals surface area (Å²) in [6.07, 6.45) is 0. The second-order valence-corrected chi connectivity index (χ2v) is 2.60. The molecule has 5 heteroatoms. The molecule has 0 amide bonds. The fourth-order valence-corrected chi connectivity index (χ4v) is 1.16. The normalized spacial score (nSPS) is 10.0. The van der Waals surface area contributed by atoms with Crippen molar-refractivity contribution in [1.82, 2.24) is 9.55 Å². The third-order valence-corrected chi connectivity index (χ3v) is 1.71. The number of anilines is 1. The molecular weight excluding hydrogens is 170 g/mol. The largest absolute Gasteiger partial charge is 0.371 e. The van der Waals surface area contributed by atoms with Gasteiger partial charge in [0.1, 0.15) is 5.82 Å². The molecule has 0 aromatic carbocycles. The van der Waals surface area contributed by atoms with E-state index in [1.807, 2.05) is 13.8 Å². The van der Waals surface area contributed by atoms with Gasteiger partial charge >= 0.3 is 5.69 Å². The number of nitrogens with zero attached hydrogens (tertiary/aromatic N) is 1. The molecule has 0 aliphatic carbocycles. The highest BCUT2D eigenvalue weighted by atomic mass is 16.2. The van der Waals surface area contributed by atoms with E-state index in [9.17, 15) is 9.59 Å². The van der Waals surface area contributed by atoms with Gasteiger partial charge in [-0.3, -0.25) is 14.3 Å². The van der Waals surface area contributed by atoms with Gasteiger partial charge in [-0.25, -0.2) is 4.79 Å². The summed E-state index contributed by atoms with van der Waals surface area (Å²) in [4.78, 5) is 24.4. The Labute approximate surface area is 75.4 Å². The Hall–Kier alpha value is -1.52. The predicted octanol–water partition coefficient (Wildman–Crippen LogP) is -0.0117. The molecule has 0 aliphatic rings. The first kappa shape index (κ1) is 9.57. The van der Waals surface area contributed by atoms with Crippen molar-refractivity contribution in [1.29, 1.82) is 0 Å². The molecule has 5 nitrogen and oxygen atoms in total. The van der Waals surface area contributed by atoms with Gasteiger partial charge in [-0.05, 0) is 13.8 Å². The first-order valence-corrected chi connectivity index (χ1v) is 4.27. The minimum Gasteiger partial charge on any atom is -0.371 e. The molecule has 0 radical (unpaired) electrons. The Kier molecular flexibility index (Phi) is 2.89. The van der Waals surface area contributed by atoms with Crippen molar-refractivity contribution in [2.45, 2.75) is 20.4 Å². The van der Waals surface area contributed by atoms with Crippen molar-refractivity contribution in [3.05, 3.63) is 26.9 Å². The number of aromatic nitrogens is 2. The highest BCUT2D eigenvalue weighted by Gasteiger charge is 2.01. The lowest BCUT2D eigenvalue weighted by molar-refractivity contribution is 0.699. The summed E-state index contributed by atoms with van der Waals surface area (Å²) in [6, 6.07) is 1.38. The smallest absolute Gasteiger partial charge is 0.329 e. The summed E-state index contributed by atoms with van der Waals surface area (Å²) in [5.74, 6) is 0.568. The topological polar surface area (TPSA) is 66.9 Å². The van der Waals surface area contributed by atoms with Crippen LogP contribution in [0.2, 0.25) is 0 Å². The van der Waals surface area contributed by atoms with E-state index in [1.165, 1.54) is 10.6 Å². The Balaban J connectivity index is 3.29.